The number of aryl methyl sites for hydroxylation is 2. The molecule has 7 nitrogen and oxygen atoms in total. The van der Waals surface area contributed by atoms with Crippen LogP contribution in [0.5, 0.6) is 5.75 Å². The van der Waals surface area contributed by atoms with Crippen LogP contribution >= 0.6 is 24.0 Å². The summed E-state index contributed by atoms with van der Waals surface area (Å²) >= 11 is 0. The molecule has 0 amide bonds. The number of hydrogen-bond acceptors (Lipinski definition) is 4. The Balaban J connectivity index is 0.00000364. The Labute approximate surface area is 179 Å². The Morgan fingerprint density at radius 2 is 2.07 bits per heavy atom. The Morgan fingerprint density at radius 1 is 1.30 bits per heavy atom. The summed E-state index contributed by atoms with van der Waals surface area (Å²) in [5.74, 6) is 2.66. The van der Waals surface area contributed by atoms with Crippen LogP contribution in [-0.4, -0.2) is 40.4 Å². The molecule has 1 heterocycles. The molecule has 0 saturated heterocycles. The van der Waals surface area contributed by atoms with Crippen LogP contribution in [0, 0.1) is 6.92 Å². The number of rotatable bonds is 8. The number of halogens is 1. The largest absolute Gasteiger partial charge is 0.491 e. The maximum Gasteiger partial charge on any atom is 0.191 e. The van der Waals surface area contributed by atoms with Crippen molar-refractivity contribution in [3.8, 4) is 5.75 Å². The molecule has 0 atom stereocenters. The van der Waals surface area contributed by atoms with E-state index in [1.165, 1.54) is 5.56 Å². The van der Waals surface area contributed by atoms with Crippen molar-refractivity contribution in [3.05, 3.63) is 41.5 Å². The van der Waals surface area contributed by atoms with Crippen molar-refractivity contribution in [1.82, 2.24) is 25.4 Å². The number of hydrogen-bond donors (Lipinski definition) is 2. The van der Waals surface area contributed by atoms with Crippen molar-refractivity contribution in [1.29, 1.82) is 0 Å². The number of guanidine groups is 1. The SMILES string of the molecule is CCc1nncn1CCNC(=NC)NCc1ccc(C)cc1OC(C)C.I. The highest BCUT2D eigenvalue weighted by Gasteiger charge is 2.08. The van der Waals surface area contributed by atoms with E-state index < -0.39 is 0 Å². The van der Waals surface area contributed by atoms with Crippen molar-refractivity contribution < 1.29 is 4.74 Å². The molecule has 1 aromatic heterocycles. The fourth-order valence-electron chi connectivity index (χ4n) is 2.61. The lowest BCUT2D eigenvalue weighted by atomic mass is 10.1. The summed E-state index contributed by atoms with van der Waals surface area (Å²) < 4.78 is 7.98. The molecule has 0 aliphatic carbocycles. The zero-order chi connectivity index (χ0) is 18.9. The van der Waals surface area contributed by atoms with Gasteiger partial charge in [-0.05, 0) is 32.4 Å². The van der Waals surface area contributed by atoms with Gasteiger partial charge in [0.2, 0.25) is 0 Å². The maximum atomic E-state index is 5.93. The second-order valence-electron chi connectivity index (χ2n) is 6.42. The van der Waals surface area contributed by atoms with Gasteiger partial charge < -0.3 is 19.9 Å². The van der Waals surface area contributed by atoms with Crippen molar-refractivity contribution in [3.63, 3.8) is 0 Å². The normalized spacial score (nSPS) is 11.3. The van der Waals surface area contributed by atoms with Crippen LogP contribution in [0.4, 0.5) is 0 Å². The van der Waals surface area contributed by atoms with E-state index in [4.69, 9.17) is 4.74 Å². The fourth-order valence-corrected chi connectivity index (χ4v) is 2.61. The molecule has 0 radical (unpaired) electrons. The fraction of sp³-hybridized carbons (Fsp3) is 0.526. The molecule has 0 spiro atoms. The molecule has 0 fully saturated rings. The predicted molar refractivity (Wildman–Crippen MR) is 120 cm³/mol. The van der Waals surface area contributed by atoms with Crippen molar-refractivity contribution >= 4 is 29.9 Å². The first-order valence-corrected chi connectivity index (χ1v) is 9.10. The number of nitrogens with zero attached hydrogens (tertiary/aromatic N) is 4. The molecule has 8 heteroatoms. The lowest BCUT2D eigenvalue weighted by Gasteiger charge is -2.17. The van der Waals surface area contributed by atoms with Gasteiger partial charge in [-0.1, -0.05) is 19.1 Å². The van der Waals surface area contributed by atoms with Gasteiger partial charge in [-0.15, -0.1) is 34.2 Å². The molecular formula is C19H31IN6O. The lowest BCUT2D eigenvalue weighted by molar-refractivity contribution is 0.239. The first-order chi connectivity index (χ1) is 12.5. The van der Waals surface area contributed by atoms with Crippen LogP contribution in [0.15, 0.2) is 29.5 Å². The minimum atomic E-state index is 0. The van der Waals surface area contributed by atoms with Crippen LogP contribution in [-0.2, 0) is 19.5 Å². The third kappa shape index (κ3) is 7.36. The molecule has 0 aliphatic heterocycles. The summed E-state index contributed by atoms with van der Waals surface area (Å²) in [6.45, 7) is 10.4. The van der Waals surface area contributed by atoms with E-state index >= 15 is 0 Å². The summed E-state index contributed by atoms with van der Waals surface area (Å²) in [6, 6.07) is 6.27. The van der Waals surface area contributed by atoms with E-state index in [-0.39, 0.29) is 30.1 Å². The van der Waals surface area contributed by atoms with Crippen molar-refractivity contribution in [2.24, 2.45) is 4.99 Å². The summed E-state index contributed by atoms with van der Waals surface area (Å²) in [6.07, 6.45) is 2.78. The second kappa shape index (κ2) is 11.8. The first kappa shape index (κ1) is 23.2. The molecule has 2 rings (SSSR count). The predicted octanol–water partition coefficient (Wildman–Crippen LogP) is 2.92. The lowest BCUT2D eigenvalue weighted by Crippen LogP contribution is -2.38. The van der Waals surface area contributed by atoms with Crippen LogP contribution in [0.1, 0.15) is 37.7 Å². The topological polar surface area (TPSA) is 76.4 Å². The van der Waals surface area contributed by atoms with Crippen LogP contribution in [0.3, 0.4) is 0 Å². The van der Waals surface area contributed by atoms with Crippen LogP contribution in [0.2, 0.25) is 0 Å². The average Bonchev–Trinajstić information content (AvgIpc) is 3.06. The molecule has 2 aromatic rings. The van der Waals surface area contributed by atoms with E-state index in [0.717, 1.165) is 42.6 Å². The Bertz CT molecular complexity index is 729. The average molecular weight is 486 g/mol. The molecule has 0 bridgehead atoms. The van der Waals surface area contributed by atoms with Gasteiger partial charge in [0.25, 0.3) is 0 Å². The monoisotopic (exact) mass is 486 g/mol. The quantitative estimate of drug-likeness (QED) is 0.341. The minimum Gasteiger partial charge on any atom is -0.491 e. The molecule has 27 heavy (non-hydrogen) atoms. The zero-order valence-electron chi connectivity index (χ0n) is 16.8. The Hall–Kier alpha value is -1.84. The van der Waals surface area contributed by atoms with Crippen LogP contribution in [0.25, 0.3) is 0 Å². The van der Waals surface area contributed by atoms with Gasteiger partial charge in [0, 0.05) is 38.7 Å². The van der Waals surface area contributed by atoms with Crippen LogP contribution < -0.4 is 15.4 Å². The third-order valence-corrected chi connectivity index (χ3v) is 3.91. The number of ether oxygens (including phenoxy) is 1. The van der Waals surface area contributed by atoms with Gasteiger partial charge in [0.05, 0.1) is 6.10 Å². The number of aliphatic imine (C=N–C) groups is 1. The molecule has 0 saturated carbocycles. The number of aromatic nitrogens is 3. The minimum absolute atomic E-state index is 0. The first-order valence-electron chi connectivity index (χ1n) is 9.10. The summed E-state index contributed by atoms with van der Waals surface area (Å²) in [5.41, 5.74) is 2.30. The molecule has 0 aliphatic rings. The zero-order valence-corrected chi connectivity index (χ0v) is 19.2. The van der Waals surface area contributed by atoms with Gasteiger partial charge >= 0.3 is 0 Å². The third-order valence-electron chi connectivity index (χ3n) is 3.91. The number of benzene rings is 1. The van der Waals surface area contributed by atoms with Crippen molar-refractivity contribution in [2.45, 2.75) is 53.3 Å². The standard InChI is InChI=1S/C19H30N6O.HI/c1-6-18-24-23-13-25(18)10-9-21-19(20-5)22-12-16-8-7-15(4)11-17(16)26-14(2)3;/h7-8,11,13-14H,6,9-10,12H2,1-5H3,(H2,20,21,22);1H. The Morgan fingerprint density at radius 3 is 2.74 bits per heavy atom. The summed E-state index contributed by atoms with van der Waals surface area (Å²) in [7, 11) is 1.77. The molecule has 0 unspecified atom stereocenters. The van der Waals surface area contributed by atoms with Gasteiger partial charge in [0.1, 0.15) is 17.9 Å². The van der Waals surface area contributed by atoms with E-state index in [2.05, 4.69) is 62.4 Å². The van der Waals surface area contributed by atoms with Gasteiger partial charge in [-0.2, -0.15) is 0 Å². The van der Waals surface area contributed by atoms with Gasteiger partial charge in [-0.25, -0.2) is 0 Å². The molecule has 1 aromatic carbocycles. The summed E-state index contributed by atoms with van der Waals surface area (Å²) in [4.78, 5) is 4.29. The number of nitrogens with one attached hydrogen (secondary N) is 2. The van der Waals surface area contributed by atoms with E-state index in [1.54, 1.807) is 13.4 Å². The Kier molecular flexibility index (Phi) is 10.1. The molecule has 2 N–H and O–H groups in total. The van der Waals surface area contributed by atoms with E-state index in [9.17, 15) is 0 Å². The van der Waals surface area contributed by atoms with Crippen molar-refractivity contribution in [2.75, 3.05) is 13.6 Å². The van der Waals surface area contributed by atoms with E-state index in [1.807, 2.05) is 13.8 Å². The van der Waals surface area contributed by atoms with Gasteiger partial charge in [-0.3, -0.25) is 4.99 Å². The highest BCUT2D eigenvalue weighted by atomic mass is 127. The second-order valence-corrected chi connectivity index (χ2v) is 6.42. The maximum absolute atomic E-state index is 5.93. The smallest absolute Gasteiger partial charge is 0.191 e. The highest BCUT2D eigenvalue weighted by Crippen LogP contribution is 2.21. The molecular weight excluding hydrogens is 455 g/mol. The van der Waals surface area contributed by atoms with E-state index in [0.29, 0.717) is 6.54 Å². The molecule has 150 valence electrons. The van der Waals surface area contributed by atoms with Gasteiger partial charge in [0.15, 0.2) is 5.96 Å². The highest BCUT2D eigenvalue weighted by molar-refractivity contribution is 14.0. The summed E-state index contributed by atoms with van der Waals surface area (Å²) in [5, 5.41) is 14.7.